The molecule has 0 radical (unpaired) electrons. The first-order valence-electron chi connectivity index (χ1n) is 8.26. The maximum Gasteiger partial charge on any atom is 0.322 e. The van der Waals surface area contributed by atoms with Gasteiger partial charge in [-0.1, -0.05) is 0 Å². The van der Waals surface area contributed by atoms with Crippen molar-refractivity contribution in [1.29, 1.82) is 0 Å². The molecule has 4 heterocycles. The molecule has 2 amide bonds. The van der Waals surface area contributed by atoms with Crippen LogP contribution in [0, 0.1) is 0 Å². The van der Waals surface area contributed by atoms with Gasteiger partial charge in [-0.3, -0.25) is 10.3 Å². The van der Waals surface area contributed by atoms with Crippen LogP contribution >= 0.6 is 11.3 Å². The molecule has 0 saturated carbocycles. The lowest BCUT2D eigenvalue weighted by Crippen LogP contribution is -2.41. The zero-order chi connectivity index (χ0) is 17.1. The van der Waals surface area contributed by atoms with E-state index in [4.69, 9.17) is 4.74 Å². The van der Waals surface area contributed by atoms with Gasteiger partial charge in [-0.25, -0.2) is 9.78 Å². The fourth-order valence-corrected chi connectivity index (χ4v) is 3.55. The van der Waals surface area contributed by atoms with E-state index < -0.39 is 0 Å². The van der Waals surface area contributed by atoms with Crippen LogP contribution in [-0.2, 0) is 4.74 Å². The standard InChI is InChI=1S/C18H18N4O2S/c23-18(21-16-3-1-2-7-24-16)22-17-14(12-5-8-25-11-12)9-13-10-19-6-4-15(13)20-17/h4-6,8-11,16H,1-3,7H2,(H2,20,21,22,23). The highest BCUT2D eigenvalue weighted by Gasteiger charge is 2.18. The molecule has 1 saturated heterocycles. The molecule has 1 unspecified atom stereocenters. The summed E-state index contributed by atoms with van der Waals surface area (Å²) in [4.78, 5) is 21.2. The Labute approximate surface area is 149 Å². The van der Waals surface area contributed by atoms with Crippen LogP contribution in [0.15, 0.2) is 41.4 Å². The molecule has 0 bridgehead atoms. The molecule has 3 aromatic rings. The smallest absolute Gasteiger partial charge is 0.322 e. The van der Waals surface area contributed by atoms with Crippen molar-refractivity contribution in [3.63, 3.8) is 0 Å². The molecule has 1 atom stereocenters. The molecule has 0 aliphatic carbocycles. The van der Waals surface area contributed by atoms with Crippen molar-refractivity contribution in [2.45, 2.75) is 25.5 Å². The second-order valence-corrected chi connectivity index (χ2v) is 6.70. The molecule has 25 heavy (non-hydrogen) atoms. The van der Waals surface area contributed by atoms with Crippen LogP contribution in [0.3, 0.4) is 0 Å². The Hall–Kier alpha value is -2.51. The van der Waals surface area contributed by atoms with Crippen molar-refractivity contribution in [1.82, 2.24) is 15.3 Å². The largest absolute Gasteiger partial charge is 0.358 e. The summed E-state index contributed by atoms with van der Waals surface area (Å²) < 4.78 is 5.56. The summed E-state index contributed by atoms with van der Waals surface area (Å²) in [5, 5.41) is 10.7. The molecule has 0 aromatic carbocycles. The van der Waals surface area contributed by atoms with Gasteiger partial charge in [0, 0.05) is 30.0 Å². The Morgan fingerprint density at radius 2 is 2.28 bits per heavy atom. The predicted molar refractivity (Wildman–Crippen MR) is 98.6 cm³/mol. The van der Waals surface area contributed by atoms with Crippen molar-refractivity contribution in [2.75, 3.05) is 11.9 Å². The third-order valence-corrected chi connectivity index (χ3v) is 4.83. The molecule has 2 N–H and O–H groups in total. The van der Waals surface area contributed by atoms with Gasteiger partial charge in [0.2, 0.25) is 0 Å². The minimum absolute atomic E-state index is 0.233. The molecular formula is C18H18N4O2S. The highest BCUT2D eigenvalue weighted by Crippen LogP contribution is 2.31. The first-order valence-corrected chi connectivity index (χ1v) is 9.20. The van der Waals surface area contributed by atoms with Crippen LogP contribution in [-0.4, -0.2) is 28.8 Å². The van der Waals surface area contributed by atoms with Gasteiger partial charge < -0.3 is 10.1 Å². The van der Waals surface area contributed by atoms with E-state index in [0.717, 1.165) is 41.3 Å². The average molecular weight is 354 g/mol. The summed E-state index contributed by atoms with van der Waals surface area (Å²) in [7, 11) is 0. The van der Waals surface area contributed by atoms with Gasteiger partial charge in [-0.05, 0) is 53.8 Å². The minimum atomic E-state index is -0.302. The van der Waals surface area contributed by atoms with Crippen LogP contribution in [0.5, 0.6) is 0 Å². The number of aromatic nitrogens is 2. The van der Waals surface area contributed by atoms with Gasteiger partial charge in [0.15, 0.2) is 0 Å². The summed E-state index contributed by atoms with van der Waals surface area (Å²) >= 11 is 1.60. The lowest BCUT2D eigenvalue weighted by atomic mass is 10.1. The number of urea groups is 1. The first-order chi connectivity index (χ1) is 12.3. The molecule has 0 spiro atoms. The summed E-state index contributed by atoms with van der Waals surface area (Å²) in [5.74, 6) is 0.533. The fourth-order valence-electron chi connectivity index (χ4n) is 2.89. The molecule has 4 rings (SSSR count). The van der Waals surface area contributed by atoms with Crippen molar-refractivity contribution in [3.05, 3.63) is 41.4 Å². The van der Waals surface area contributed by atoms with Crippen molar-refractivity contribution < 1.29 is 9.53 Å². The molecule has 3 aromatic heterocycles. The number of hydrogen-bond acceptors (Lipinski definition) is 5. The normalized spacial score (nSPS) is 17.4. The number of anilines is 1. The Morgan fingerprint density at radius 3 is 3.08 bits per heavy atom. The summed E-state index contributed by atoms with van der Waals surface area (Å²) in [6.45, 7) is 0.687. The lowest BCUT2D eigenvalue weighted by molar-refractivity contribution is 0.00342. The monoisotopic (exact) mass is 354 g/mol. The predicted octanol–water partition coefficient (Wildman–Crippen LogP) is 4.01. The second kappa shape index (κ2) is 7.16. The van der Waals surface area contributed by atoms with Gasteiger partial charge in [0.25, 0.3) is 0 Å². The number of thiophene rings is 1. The summed E-state index contributed by atoms with van der Waals surface area (Å²) in [6.07, 6.45) is 6.18. The van der Waals surface area contributed by atoms with Crippen molar-refractivity contribution in [3.8, 4) is 11.1 Å². The Bertz CT molecular complexity index is 876. The number of rotatable bonds is 3. The lowest BCUT2D eigenvalue weighted by Gasteiger charge is -2.23. The molecule has 7 heteroatoms. The quantitative estimate of drug-likeness (QED) is 0.745. The van der Waals surface area contributed by atoms with E-state index in [1.54, 1.807) is 23.7 Å². The van der Waals surface area contributed by atoms with Crippen LogP contribution in [0.25, 0.3) is 22.0 Å². The Morgan fingerprint density at radius 1 is 1.32 bits per heavy atom. The van der Waals surface area contributed by atoms with Gasteiger partial charge in [0.05, 0.1) is 5.52 Å². The van der Waals surface area contributed by atoms with Gasteiger partial charge in [-0.15, -0.1) is 0 Å². The Balaban J connectivity index is 1.62. The van der Waals surface area contributed by atoms with Crippen LogP contribution in [0.4, 0.5) is 10.6 Å². The number of nitrogens with one attached hydrogen (secondary N) is 2. The second-order valence-electron chi connectivity index (χ2n) is 5.92. The number of nitrogens with zero attached hydrogens (tertiary/aromatic N) is 2. The van der Waals surface area contributed by atoms with E-state index in [1.165, 1.54) is 0 Å². The van der Waals surface area contributed by atoms with E-state index in [-0.39, 0.29) is 12.3 Å². The number of carbonyl (C=O) groups excluding carboxylic acids is 1. The third kappa shape index (κ3) is 3.62. The molecule has 1 fully saturated rings. The Kier molecular flexibility index (Phi) is 4.58. The minimum Gasteiger partial charge on any atom is -0.358 e. The van der Waals surface area contributed by atoms with Gasteiger partial charge in [-0.2, -0.15) is 11.3 Å². The number of ether oxygens (including phenoxy) is 1. The summed E-state index contributed by atoms with van der Waals surface area (Å²) in [6, 6.07) is 5.55. The zero-order valence-electron chi connectivity index (χ0n) is 13.6. The number of carbonyl (C=O) groups is 1. The number of fused-ring (bicyclic) bond motifs is 1. The van der Waals surface area contributed by atoms with Crippen LogP contribution < -0.4 is 10.6 Å². The molecule has 128 valence electrons. The third-order valence-electron chi connectivity index (χ3n) is 4.15. The zero-order valence-corrected chi connectivity index (χ0v) is 14.4. The fraction of sp³-hybridized carbons (Fsp3) is 0.278. The highest BCUT2D eigenvalue weighted by molar-refractivity contribution is 7.08. The van der Waals surface area contributed by atoms with Crippen molar-refractivity contribution >= 4 is 34.1 Å². The van der Waals surface area contributed by atoms with E-state index in [9.17, 15) is 4.79 Å². The number of pyridine rings is 2. The summed E-state index contributed by atoms with van der Waals surface area (Å²) in [5.41, 5.74) is 2.69. The first kappa shape index (κ1) is 16.0. The molecular weight excluding hydrogens is 336 g/mol. The highest BCUT2D eigenvalue weighted by atomic mass is 32.1. The molecule has 1 aliphatic rings. The molecule has 1 aliphatic heterocycles. The maximum atomic E-state index is 12.4. The van der Waals surface area contributed by atoms with E-state index in [2.05, 4.69) is 20.6 Å². The van der Waals surface area contributed by atoms with Crippen LogP contribution in [0.2, 0.25) is 0 Å². The number of amides is 2. The van der Waals surface area contributed by atoms with E-state index in [0.29, 0.717) is 12.4 Å². The maximum absolute atomic E-state index is 12.4. The SMILES string of the molecule is O=C(Nc1nc2ccncc2cc1-c1ccsc1)NC1CCCCO1. The van der Waals surface area contributed by atoms with Crippen molar-refractivity contribution in [2.24, 2.45) is 0 Å². The number of hydrogen-bond donors (Lipinski definition) is 2. The van der Waals surface area contributed by atoms with Gasteiger partial charge in [0.1, 0.15) is 12.0 Å². The average Bonchev–Trinajstić information content (AvgIpc) is 3.16. The molecule has 6 nitrogen and oxygen atoms in total. The topological polar surface area (TPSA) is 76.1 Å². The van der Waals surface area contributed by atoms with Crippen LogP contribution in [0.1, 0.15) is 19.3 Å². The van der Waals surface area contributed by atoms with E-state index >= 15 is 0 Å². The van der Waals surface area contributed by atoms with Gasteiger partial charge >= 0.3 is 6.03 Å². The van der Waals surface area contributed by atoms with E-state index in [1.807, 2.05) is 29.0 Å².